The van der Waals surface area contributed by atoms with Gasteiger partial charge in [-0.1, -0.05) is 24.3 Å². The lowest BCUT2D eigenvalue weighted by molar-refractivity contribution is 0.0322. The van der Waals surface area contributed by atoms with Crippen molar-refractivity contribution in [3.8, 4) is 5.75 Å². The number of ketones is 1. The van der Waals surface area contributed by atoms with Gasteiger partial charge in [0.05, 0.1) is 18.1 Å². The van der Waals surface area contributed by atoms with Gasteiger partial charge in [0.1, 0.15) is 12.4 Å². The fraction of sp³-hybridized carbons (Fsp3) is 0.316. The average Bonchev–Trinajstić information content (AvgIpc) is 3.16. The minimum absolute atomic E-state index is 0.0378. The minimum atomic E-state index is 0.0378. The van der Waals surface area contributed by atoms with Crippen molar-refractivity contribution in [2.45, 2.75) is 0 Å². The van der Waals surface area contributed by atoms with E-state index in [9.17, 15) is 4.79 Å². The molecule has 1 aliphatic heterocycles. The van der Waals surface area contributed by atoms with E-state index in [1.165, 1.54) is 11.3 Å². The molecule has 3 rings (SSSR count). The number of carbonyl (C=O) groups excluding carboxylic acids is 1. The van der Waals surface area contributed by atoms with Crippen LogP contribution in [0.4, 0.5) is 0 Å². The van der Waals surface area contributed by atoms with E-state index in [1.54, 1.807) is 6.08 Å². The van der Waals surface area contributed by atoms with E-state index < -0.39 is 0 Å². The number of morpholine rings is 1. The van der Waals surface area contributed by atoms with E-state index in [2.05, 4.69) is 4.90 Å². The maximum atomic E-state index is 11.9. The molecule has 0 bridgehead atoms. The summed E-state index contributed by atoms with van der Waals surface area (Å²) in [6.45, 7) is 5.17. The van der Waals surface area contributed by atoms with Crippen LogP contribution < -0.4 is 4.74 Å². The van der Waals surface area contributed by atoms with Crippen molar-refractivity contribution in [2.24, 2.45) is 0 Å². The van der Waals surface area contributed by atoms with E-state index in [0.29, 0.717) is 6.61 Å². The van der Waals surface area contributed by atoms with Crippen LogP contribution >= 0.6 is 11.3 Å². The maximum absolute atomic E-state index is 11.9. The molecule has 0 radical (unpaired) electrons. The monoisotopic (exact) mass is 343 g/mol. The number of nitrogens with zero attached hydrogens (tertiary/aromatic N) is 1. The molecule has 1 fully saturated rings. The number of hydrogen-bond acceptors (Lipinski definition) is 5. The Morgan fingerprint density at radius 3 is 2.71 bits per heavy atom. The fourth-order valence-electron chi connectivity index (χ4n) is 2.47. The van der Waals surface area contributed by atoms with Crippen LogP contribution in [0.5, 0.6) is 5.75 Å². The van der Waals surface area contributed by atoms with Crippen LogP contribution in [0, 0.1) is 0 Å². The second-order valence-electron chi connectivity index (χ2n) is 5.55. The smallest absolute Gasteiger partial charge is 0.195 e. The first-order chi connectivity index (χ1) is 11.8. The molecule has 1 aromatic heterocycles. The molecule has 0 amide bonds. The summed E-state index contributed by atoms with van der Waals surface area (Å²) in [7, 11) is 0. The average molecular weight is 343 g/mol. The highest BCUT2D eigenvalue weighted by molar-refractivity contribution is 7.12. The second-order valence-corrected chi connectivity index (χ2v) is 6.49. The SMILES string of the molecule is O=C(/C=C/c1ccc(OCCN2CCOCC2)cc1)c1cccs1. The molecule has 24 heavy (non-hydrogen) atoms. The summed E-state index contributed by atoms with van der Waals surface area (Å²) < 4.78 is 11.1. The van der Waals surface area contributed by atoms with Crippen molar-refractivity contribution in [1.29, 1.82) is 0 Å². The Kier molecular flexibility index (Phi) is 6.18. The summed E-state index contributed by atoms with van der Waals surface area (Å²) in [5, 5.41) is 1.91. The van der Waals surface area contributed by atoms with Gasteiger partial charge in [0.15, 0.2) is 5.78 Å². The maximum Gasteiger partial charge on any atom is 0.195 e. The molecular formula is C19H21NO3S. The van der Waals surface area contributed by atoms with Gasteiger partial charge >= 0.3 is 0 Å². The molecule has 0 saturated carbocycles. The van der Waals surface area contributed by atoms with Crippen LogP contribution in [0.15, 0.2) is 47.9 Å². The van der Waals surface area contributed by atoms with E-state index in [4.69, 9.17) is 9.47 Å². The summed E-state index contributed by atoms with van der Waals surface area (Å²) in [5.74, 6) is 0.890. The molecule has 0 atom stereocenters. The lowest BCUT2D eigenvalue weighted by Crippen LogP contribution is -2.38. The third-order valence-corrected chi connectivity index (χ3v) is 4.74. The Hall–Kier alpha value is -1.95. The van der Waals surface area contributed by atoms with E-state index in [0.717, 1.165) is 49.0 Å². The number of hydrogen-bond donors (Lipinski definition) is 0. The normalized spacial score (nSPS) is 15.7. The Morgan fingerprint density at radius 2 is 2.00 bits per heavy atom. The zero-order valence-corrected chi connectivity index (χ0v) is 14.3. The zero-order chi connectivity index (χ0) is 16.6. The number of ether oxygens (including phenoxy) is 2. The van der Waals surface area contributed by atoms with Crippen molar-refractivity contribution in [3.63, 3.8) is 0 Å². The molecular weight excluding hydrogens is 322 g/mol. The zero-order valence-electron chi connectivity index (χ0n) is 13.5. The number of thiophene rings is 1. The second kappa shape index (κ2) is 8.78. The lowest BCUT2D eigenvalue weighted by atomic mass is 10.2. The van der Waals surface area contributed by atoms with E-state index in [1.807, 2.05) is 47.9 Å². The molecule has 0 spiro atoms. The minimum Gasteiger partial charge on any atom is -0.492 e. The lowest BCUT2D eigenvalue weighted by Gasteiger charge is -2.26. The third kappa shape index (κ3) is 5.03. The van der Waals surface area contributed by atoms with E-state index >= 15 is 0 Å². The number of allylic oxidation sites excluding steroid dienone is 1. The topological polar surface area (TPSA) is 38.8 Å². The van der Waals surface area contributed by atoms with Gasteiger partial charge in [0.2, 0.25) is 0 Å². The highest BCUT2D eigenvalue weighted by Crippen LogP contribution is 2.15. The molecule has 1 aliphatic rings. The number of benzene rings is 1. The summed E-state index contributed by atoms with van der Waals surface area (Å²) in [6, 6.07) is 11.5. The van der Waals surface area contributed by atoms with Crippen LogP contribution in [0.3, 0.4) is 0 Å². The van der Waals surface area contributed by atoms with Crippen LogP contribution in [-0.2, 0) is 4.74 Å². The van der Waals surface area contributed by atoms with Gasteiger partial charge in [-0.3, -0.25) is 9.69 Å². The van der Waals surface area contributed by atoms with Gasteiger partial charge in [0.25, 0.3) is 0 Å². The van der Waals surface area contributed by atoms with Gasteiger partial charge in [-0.05, 0) is 35.2 Å². The van der Waals surface area contributed by atoms with Crippen molar-refractivity contribution in [1.82, 2.24) is 4.90 Å². The molecule has 4 nitrogen and oxygen atoms in total. The molecule has 0 aliphatic carbocycles. The third-order valence-electron chi connectivity index (χ3n) is 3.85. The van der Waals surface area contributed by atoms with Crippen molar-refractivity contribution >= 4 is 23.2 Å². The Bertz CT molecular complexity index is 658. The quantitative estimate of drug-likeness (QED) is 0.571. The van der Waals surface area contributed by atoms with Crippen molar-refractivity contribution < 1.29 is 14.3 Å². The molecule has 5 heteroatoms. The van der Waals surface area contributed by atoms with Gasteiger partial charge in [0, 0.05) is 19.6 Å². The van der Waals surface area contributed by atoms with Gasteiger partial charge in [-0.15, -0.1) is 11.3 Å². The number of rotatable bonds is 7. The summed E-state index contributed by atoms with van der Waals surface area (Å²) in [4.78, 5) is 15.0. The molecule has 1 aromatic carbocycles. The molecule has 2 heterocycles. The largest absolute Gasteiger partial charge is 0.492 e. The highest BCUT2D eigenvalue weighted by Gasteiger charge is 2.09. The molecule has 126 valence electrons. The summed E-state index contributed by atoms with van der Waals surface area (Å²) in [6.07, 6.45) is 3.44. The standard InChI is InChI=1S/C19H21NO3S/c21-18(19-2-1-15-24-19)8-5-16-3-6-17(7-4-16)23-14-11-20-9-12-22-13-10-20/h1-8,15H,9-14H2/b8-5+. The summed E-state index contributed by atoms with van der Waals surface area (Å²) in [5.41, 5.74) is 0.987. The van der Waals surface area contributed by atoms with Crippen LogP contribution in [0.25, 0.3) is 6.08 Å². The predicted molar refractivity (Wildman–Crippen MR) is 96.9 cm³/mol. The predicted octanol–water partition coefficient (Wildman–Crippen LogP) is 3.36. The molecule has 0 unspecified atom stereocenters. The van der Waals surface area contributed by atoms with E-state index in [-0.39, 0.29) is 5.78 Å². The van der Waals surface area contributed by atoms with Gasteiger partial charge in [-0.25, -0.2) is 0 Å². The molecule has 1 saturated heterocycles. The molecule has 2 aromatic rings. The number of carbonyl (C=O) groups is 1. The molecule has 0 N–H and O–H groups in total. The van der Waals surface area contributed by atoms with Crippen molar-refractivity contribution in [3.05, 3.63) is 58.3 Å². The van der Waals surface area contributed by atoms with Crippen LogP contribution in [0.1, 0.15) is 15.2 Å². The Labute approximate surface area is 146 Å². The van der Waals surface area contributed by atoms with Gasteiger partial charge < -0.3 is 9.47 Å². The van der Waals surface area contributed by atoms with Crippen LogP contribution in [0.2, 0.25) is 0 Å². The van der Waals surface area contributed by atoms with Gasteiger partial charge in [-0.2, -0.15) is 0 Å². The Balaban J connectivity index is 1.45. The first-order valence-corrected chi connectivity index (χ1v) is 8.98. The first kappa shape index (κ1) is 16.9. The summed E-state index contributed by atoms with van der Waals surface area (Å²) >= 11 is 1.46. The fourth-order valence-corrected chi connectivity index (χ4v) is 3.11. The Morgan fingerprint density at radius 1 is 1.21 bits per heavy atom. The van der Waals surface area contributed by atoms with Crippen LogP contribution in [-0.4, -0.2) is 50.1 Å². The first-order valence-electron chi connectivity index (χ1n) is 8.10. The highest BCUT2D eigenvalue weighted by atomic mass is 32.1. The van der Waals surface area contributed by atoms with Crippen molar-refractivity contribution in [2.75, 3.05) is 39.5 Å².